The Morgan fingerprint density at radius 3 is 2.50 bits per heavy atom. The van der Waals surface area contributed by atoms with Crippen molar-refractivity contribution in [2.24, 2.45) is 34.5 Å². The summed E-state index contributed by atoms with van der Waals surface area (Å²) < 4.78 is 5.81. The van der Waals surface area contributed by atoms with Crippen LogP contribution in [0.2, 0.25) is 0 Å². The molecule has 4 saturated carbocycles. The Morgan fingerprint density at radius 2 is 1.75 bits per heavy atom. The van der Waals surface area contributed by atoms with E-state index in [1.54, 1.807) is 0 Å². The van der Waals surface area contributed by atoms with E-state index in [1.807, 2.05) is 0 Å². The summed E-state index contributed by atoms with van der Waals surface area (Å²) in [5.41, 5.74) is 0.322. The number of ketones is 1. The lowest BCUT2D eigenvalue weighted by Gasteiger charge is -2.60. The molecule has 4 fully saturated rings. The van der Waals surface area contributed by atoms with Gasteiger partial charge in [-0.25, -0.2) is 0 Å². The van der Waals surface area contributed by atoms with Gasteiger partial charge in [0.25, 0.3) is 0 Å². The van der Waals surface area contributed by atoms with Gasteiger partial charge in [-0.3, -0.25) is 14.4 Å². The highest BCUT2D eigenvalue weighted by molar-refractivity contribution is 5.79. The van der Waals surface area contributed by atoms with E-state index < -0.39 is 5.97 Å². The Bertz CT molecular complexity index is 672. The maximum Gasteiger partial charge on any atom is 0.306 e. The van der Waals surface area contributed by atoms with Crippen molar-refractivity contribution in [1.82, 2.24) is 0 Å². The van der Waals surface area contributed by atoms with Crippen molar-refractivity contribution < 1.29 is 24.2 Å². The molecule has 0 unspecified atom stereocenters. The average Bonchev–Trinajstić information content (AvgIpc) is 2.97. The summed E-state index contributed by atoms with van der Waals surface area (Å²) in [7, 11) is 0. The third-order valence-corrected chi connectivity index (χ3v) is 9.21. The van der Waals surface area contributed by atoms with Gasteiger partial charge in [-0.2, -0.15) is 0 Å². The molecule has 4 aliphatic rings. The fourth-order valence-electron chi connectivity index (χ4n) is 7.62. The van der Waals surface area contributed by atoms with E-state index in [4.69, 9.17) is 9.84 Å². The van der Waals surface area contributed by atoms with E-state index in [9.17, 15) is 14.4 Å². The minimum Gasteiger partial charge on any atom is -0.481 e. The van der Waals surface area contributed by atoms with Crippen LogP contribution in [-0.2, 0) is 19.1 Å². The average molecular weight is 391 g/mol. The third kappa shape index (κ3) is 3.19. The van der Waals surface area contributed by atoms with Crippen molar-refractivity contribution in [2.45, 2.75) is 90.6 Å². The molecule has 4 aliphatic carbocycles. The summed E-state index contributed by atoms with van der Waals surface area (Å²) in [6.45, 7) is 4.75. The minimum atomic E-state index is -0.955. The standard InChI is InChI=1S/C23H34O5/c1-22-11-9-15(24)13-14(22)3-4-16-17-5-6-19(23(17,2)12-10-18(16)22)28-21(27)8-7-20(25)26/h14,16-19H,3-13H2,1-2H3,(H,25,26)/t14-,16+,17+,18-,19-,22-,23-/m0/s1. The molecule has 156 valence electrons. The van der Waals surface area contributed by atoms with Gasteiger partial charge in [0.1, 0.15) is 11.9 Å². The van der Waals surface area contributed by atoms with Crippen molar-refractivity contribution in [2.75, 3.05) is 0 Å². The van der Waals surface area contributed by atoms with Crippen LogP contribution in [0.4, 0.5) is 0 Å². The van der Waals surface area contributed by atoms with E-state index in [0.29, 0.717) is 34.9 Å². The van der Waals surface area contributed by atoms with Gasteiger partial charge < -0.3 is 9.84 Å². The molecule has 4 rings (SSSR count). The largest absolute Gasteiger partial charge is 0.481 e. The number of hydrogen-bond donors (Lipinski definition) is 1. The van der Waals surface area contributed by atoms with Crippen LogP contribution in [0.3, 0.4) is 0 Å². The van der Waals surface area contributed by atoms with Crippen molar-refractivity contribution >= 4 is 17.7 Å². The zero-order valence-corrected chi connectivity index (χ0v) is 17.2. The molecular formula is C23H34O5. The molecule has 0 aliphatic heterocycles. The number of aliphatic carboxylic acids is 1. The Kier molecular flexibility index (Phi) is 5.08. The van der Waals surface area contributed by atoms with Crippen LogP contribution in [-0.4, -0.2) is 28.9 Å². The number of carboxylic acids is 1. The predicted molar refractivity (Wildman–Crippen MR) is 103 cm³/mol. The predicted octanol–water partition coefficient (Wildman–Crippen LogP) is 4.37. The lowest BCUT2D eigenvalue weighted by molar-refractivity contribution is -0.165. The third-order valence-electron chi connectivity index (χ3n) is 9.21. The van der Waals surface area contributed by atoms with Gasteiger partial charge in [0, 0.05) is 18.3 Å². The molecule has 0 aromatic heterocycles. The second kappa shape index (κ2) is 7.14. The smallest absolute Gasteiger partial charge is 0.306 e. The van der Waals surface area contributed by atoms with Crippen molar-refractivity contribution in [3.63, 3.8) is 0 Å². The molecule has 0 radical (unpaired) electrons. The topological polar surface area (TPSA) is 80.7 Å². The van der Waals surface area contributed by atoms with Crippen LogP contribution in [0.25, 0.3) is 0 Å². The Balaban J connectivity index is 1.47. The van der Waals surface area contributed by atoms with Gasteiger partial charge >= 0.3 is 11.9 Å². The first-order chi connectivity index (χ1) is 13.2. The van der Waals surface area contributed by atoms with Gasteiger partial charge in [0.2, 0.25) is 0 Å². The molecule has 0 bridgehead atoms. The van der Waals surface area contributed by atoms with E-state index >= 15 is 0 Å². The van der Waals surface area contributed by atoms with Gasteiger partial charge in [0.05, 0.1) is 12.8 Å². The zero-order valence-electron chi connectivity index (χ0n) is 17.2. The first-order valence-corrected chi connectivity index (χ1v) is 11.2. The second-order valence-corrected chi connectivity index (χ2v) is 10.4. The van der Waals surface area contributed by atoms with Crippen LogP contribution in [0.5, 0.6) is 0 Å². The van der Waals surface area contributed by atoms with Gasteiger partial charge in [-0.1, -0.05) is 13.8 Å². The molecule has 28 heavy (non-hydrogen) atoms. The first-order valence-electron chi connectivity index (χ1n) is 11.2. The van der Waals surface area contributed by atoms with E-state index in [0.717, 1.165) is 38.5 Å². The van der Waals surface area contributed by atoms with Crippen LogP contribution >= 0.6 is 0 Å². The fourth-order valence-corrected chi connectivity index (χ4v) is 7.62. The zero-order chi connectivity index (χ0) is 20.1. The lowest BCUT2D eigenvalue weighted by Crippen LogP contribution is -2.54. The van der Waals surface area contributed by atoms with Crippen molar-refractivity contribution in [3.05, 3.63) is 0 Å². The molecule has 7 atom stereocenters. The van der Waals surface area contributed by atoms with E-state index in [1.165, 1.54) is 19.3 Å². The monoisotopic (exact) mass is 390 g/mol. The molecule has 5 nitrogen and oxygen atoms in total. The molecule has 0 spiro atoms. The number of fused-ring (bicyclic) bond motifs is 5. The normalized spacial score (nSPS) is 44.9. The molecule has 0 saturated heterocycles. The number of carbonyl (C=O) groups is 3. The molecule has 1 N–H and O–H groups in total. The highest BCUT2D eigenvalue weighted by Crippen LogP contribution is 2.66. The maximum atomic E-state index is 12.2. The summed E-state index contributed by atoms with van der Waals surface area (Å²) in [5, 5.41) is 8.80. The Hall–Kier alpha value is -1.39. The minimum absolute atomic E-state index is 0.0216. The van der Waals surface area contributed by atoms with Gasteiger partial charge in [0.15, 0.2) is 0 Å². The Labute approximate surface area is 167 Å². The number of hydrogen-bond acceptors (Lipinski definition) is 4. The van der Waals surface area contributed by atoms with Crippen molar-refractivity contribution in [3.8, 4) is 0 Å². The highest BCUT2D eigenvalue weighted by Gasteiger charge is 2.61. The SMILES string of the molecule is C[C@]12CCC(=O)C[C@@H]1CC[C@@H]1[C@H]3CC[C@H](OC(=O)CCC(=O)O)[C@@]3(C)CC[C@@H]12. The van der Waals surface area contributed by atoms with E-state index in [-0.39, 0.29) is 30.3 Å². The number of carbonyl (C=O) groups excluding carboxylic acids is 2. The van der Waals surface area contributed by atoms with Crippen LogP contribution in [0.15, 0.2) is 0 Å². The molecular weight excluding hydrogens is 356 g/mol. The van der Waals surface area contributed by atoms with Crippen LogP contribution in [0, 0.1) is 34.5 Å². The first kappa shape index (κ1) is 19.9. The van der Waals surface area contributed by atoms with Crippen LogP contribution < -0.4 is 0 Å². The number of Topliss-reactive ketones (excluding diaryl/α,β-unsaturated/α-hetero) is 1. The summed E-state index contributed by atoms with van der Waals surface area (Å²) in [4.78, 5) is 34.9. The molecule has 0 heterocycles. The van der Waals surface area contributed by atoms with Crippen molar-refractivity contribution in [1.29, 1.82) is 0 Å². The summed E-state index contributed by atoms with van der Waals surface area (Å²) in [6.07, 6.45) is 8.95. The van der Waals surface area contributed by atoms with Crippen LogP contribution in [0.1, 0.15) is 84.5 Å². The Morgan fingerprint density at radius 1 is 1.00 bits per heavy atom. The number of rotatable bonds is 4. The quantitative estimate of drug-likeness (QED) is 0.721. The summed E-state index contributed by atoms with van der Waals surface area (Å²) >= 11 is 0. The van der Waals surface area contributed by atoms with Gasteiger partial charge in [-0.05, 0) is 74.0 Å². The number of esters is 1. The lowest BCUT2D eigenvalue weighted by atomic mass is 9.45. The molecule has 0 amide bonds. The summed E-state index contributed by atoms with van der Waals surface area (Å²) in [5.74, 6) is 1.65. The fraction of sp³-hybridized carbons (Fsp3) is 0.870. The van der Waals surface area contributed by atoms with Gasteiger partial charge in [-0.15, -0.1) is 0 Å². The molecule has 0 aromatic rings. The summed E-state index contributed by atoms with van der Waals surface area (Å²) in [6, 6.07) is 0. The maximum absolute atomic E-state index is 12.2. The van der Waals surface area contributed by atoms with E-state index in [2.05, 4.69) is 13.8 Å². The highest BCUT2D eigenvalue weighted by atomic mass is 16.5. The number of carboxylic acid groups (broad SMARTS) is 1. The number of ether oxygens (including phenoxy) is 1. The molecule has 5 heteroatoms. The molecule has 0 aromatic carbocycles. The second-order valence-electron chi connectivity index (χ2n) is 10.4.